The highest BCUT2D eigenvalue weighted by Crippen LogP contribution is 2.26. The largest absolute Gasteiger partial charge is 0.358 e. The number of alkyl halides is 1. The summed E-state index contributed by atoms with van der Waals surface area (Å²) in [6.45, 7) is 7.85. The summed E-state index contributed by atoms with van der Waals surface area (Å²) in [6, 6.07) is 0.688. The average molecular weight is 329 g/mol. The fourth-order valence-corrected chi connectivity index (χ4v) is 3.90. The average Bonchev–Trinajstić information content (AvgIpc) is 2.92. The van der Waals surface area contributed by atoms with Crippen LogP contribution in [0.1, 0.15) is 31.0 Å². The number of nitrogens with zero attached hydrogens (tertiary/aromatic N) is 4. The summed E-state index contributed by atoms with van der Waals surface area (Å²) in [5, 5.41) is 5.42. The van der Waals surface area contributed by atoms with Crippen LogP contribution in [0.5, 0.6) is 0 Å². The second kappa shape index (κ2) is 6.27. The van der Waals surface area contributed by atoms with Gasteiger partial charge in [0.2, 0.25) is 0 Å². The molecule has 1 aromatic rings. The molecule has 0 radical (unpaired) electrons. The quantitative estimate of drug-likeness (QED) is 0.776. The van der Waals surface area contributed by atoms with E-state index in [9.17, 15) is 0 Å². The Morgan fingerprint density at radius 2 is 2.21 bits per heavy atom. The van der Waals surface area contributed by atoms with Crippen molar-refractivity contribution in [2.45, 2.75) is 38.1 Å². The minimum atomic E-state index is 0.688. The summed E-state index contributed by atoms with van der Waals surface area (Å²) in [4.78, 5) is 4.96. The van der Waals surface area contributed by atoms with Gasteiger partial charge in [0.1, 0.15) is 5.82 Å². The van der Waals surface area contributed by atoms with Crippen LogP contribution in [0.4, 0.5) is 5.82 Å². The molecule has 1 aliphatic rings. The van der Waals surface area contributed by atoms with Crippen LogP contribution in [0.2, 0.25) is 0 Å². The predicted molar refractivity (Wildman–Crippen MR) is 84.1 cm³/mol. The van der Waals surface area contributed by atoms with Crippen LogP contribution < -0.4 is 4.90 Å². The lowest BCUT2D eigenvalue weighted by atomic mass is 10.2. The highest BCUT2D eigenvalue weighted by atomic mass is 79.9. The molecule has 2 rings (SSSR count). The molecule has 2 heterocycles. The van der Waals surface area contributed by atoms with Crippen LogP contribution in [0.25, 0.3) is 0 Å². The van der Waals surface area contributed by atoms with E-state index in [0.29, 0.717) is 6.04 Å². The van der Waals surface area contributed by atoms with Crippen molar-refractivity contribution in [3.63, 3.8) is 0 Å². The van der Waals surface area contributed by atoms with Gasteiger partial charge in [0.05, 0.1) is 5.69 Å². The number of likely N-dealkylation sites (N-methyl/N-ethyl adjacent to an activating group) is 2. The van der Waals surface area contributed by atoms with Gasteiger partial charge < -0.3 is 4.90 Å². The van der Waals surface area contributed by atoms with Gasteiger partial charge in [-0.1, -0.05) is 22.9 Å². The van der Waals surface area contributed by atoms with E-state index in [1.54, 1.807) is 0 Å². The highest BCUT2D eigenvalue weighted by Gasteiger charge is 2.26. The van der Waals surface area contributed by atoms with E-state index in [-0.39, 0.29) is 0 Å². The molecule has 1 fully saturated rings. The van der Waals surface area contributed by atoms with Crippen LogP contribution in [0.15, 0.2) is 0 Å². The Morgan fingerprint density at radius 3 is 2.84 bits per heavy atom. The van der Waals surface area contributed by atoms with Gasteiger partial charge in [-0.3, -0.25) is 9.58 Å². The minimum Gasteiger partial charge on any atom is -0.358 e. The van der Waals surface area contributed by atoms with Gasteiger partial charge in [-0.15, -0.1) is 0 Å². The number of hydrogen-bond donors (Lipinski definition) is 0. The molecular weight excluding hydrogens is 304 g/mol. The van der Waals surface area contributed by atoms with E-state index >= 15 is 0 Å². The van der Waals surface area contributed by atoms with Crippen molar-refractivity contribution < 1.29 is 0 Å². The zero-order valence-corrected chi connectivity index (χ0v) is 14.1. The van der Waals surface area contributed by atoms with Crippen LogP contribution in [0.3, 0.4) is 0 Å². The number of hydrogen-bond acceptors (Lipinski definition) is 3. The van der Waals surface area contributed by atoms with Gasteiger partial charge in [-0.05, 0) is 32.9 Å². The summed E-state index contributed by atoms with van der Waals surface area (Å²) in [6.07, 6.45) is 2.65. The zero-order valence-electron chi connectivity index (χ0n) is 12.5. The number of aromatic nitrogens is 2. The molecular formula is C14H25BrN4. The molecule has 1 aromatic heterocycles. The molecule has 0 amide bonds. The Labute approximate surface area is 124 Å². The van der Waals surface area contributed by atoms with Gasteiger partial charge >= 0.3 is 0 Å². The molecule has 1 aliphatic heterocycles. The Morgan fingerprint density at radius 1 is 1.47 bits per heavy atom. The molecule has 1 unspecified atom stereocenters. The Balaban J connectivity index is 2.13. The summed E-state index contributed by atoms with van der Waals surface area (Å²) >= 11 is 3.59. The van der Waals surface area contributed by atoms with Crippen molar-refractivity contribution in [1.29, 1.82) is 0 Å². The normalized spacial score (nSPS) is 20.2. The maximum Gasteiger partial charge on any atom is 0.130 e. The molecule has 19 heavy (non-hydrogen) atoms. The standard InChI is InChI=1S/C14H25BrN4/c1-5-19-8-6-7-12(19)10-17(3)14-13(9-15)11(2)16-18(14)4/h12H,5-10H2,1-4H3. The van der Waals surface area contributed by atoms with E-state index in [2.05, 4.69) is 51.7 Å². The van der Waals surface area contributed by atoms with Gasteiger partial charge in [0.15, 0.2) is 0 Å². The fourth-order valence-electron chi connectivity index (χ4n) is 3.24. The molecule has 0 bridgehead atoms. The lowest BCUT2D eigenvalue weighted by Gasteiger charge is -2.29. The number of halogens is 1. The first-order chi connectivity index (χ1) is 9.08. The monoisotopic (exact) mass is 328 g/mol. The summed E-state index contributed by atoms with van der Waals surface area (Å²) in [5.41, 5.74) is 2.44. The minimum absolute atomic E-state index is 0.688. The molecule has 4 nitrogen and oxygen atoms in total. The molecule has 0 spiro atoms. The first-order valence-electron chi connectivity index (χ1n) is 7.12. The Bertz CT molecular complexity index is 429. The van der Waals surface area contributed by atoms with E-state index in [1.165, 1.54) is 30.8 Å². The highest BCUT2D eigenvalue weighted by molar-refractivity contribution is 9.08. The maximum atomic E-state index is 4.55. The topological polar surface area (TPSA) is 24.3 Å². The molecule has 1 atom stereocenters. The van der Waals surface area contributed by atoms with Gasteiger partial charge in [-0.2, -0.15) is 5.10 Å². The van der Waals surface area contributed by atoms with E-state index in [0.717, 1.165) is 24.1 Å². The third-order valence-electron chi connectivity index (χ3n) is 4.20. The van der Waals surface area contributed by atoms with Crippen molar-refractivity contribution in [3.05, 3.63) is 11.3 Å². The molecule has 1 saturated heterocycles. The van der Waals surface area contributed by atoms with Gasteiger partial charge in [0.25, 0.3) is 0 Å². The van der Waals surface area contributed by atoms with Crippen molar-refractivity contribution >= 4 is 21.7 Å². The van der Waals surface area contributed by atoms with Gasteiger partial charge in [0, 0.05) is 37.6 Å². The SMILES string of the molecule is CCN1CCCC1CN(C)c1c(CBr)c(C)nn1C. The zero-order chi connectivity index (χ0) is 14.0. The van der Waals surface area contributed by atoms with Crippen LogP contribution in [0, 0.1) is 6.92 Å². The Hall–Kier alpha value is -0.550. The van der Waals surface area contributed by atoms with Crippen LogP contribution in [-0.4, -0.2) is 47.4 Å². The number of rotatable bonds is 5. The molecule has 0 aliphatic carbocycles. The summed E-state index contributed by atoms with van der Waals surface area (Å²) in [5.74, 6) is 1.25. The van der Waals surface area contributed by atoms with Crippen molar-refractivity contribution in [1.82, 2.24) is 14.7 Å². The first-order valence-corrected chi connectivity index (χ1v) is 8.24. The second-order valence-electron chi connectivity index (χ2n) is 5.45. The van der Waals surface area contributed by atoms with Gasteiger partial charge in [-0.25, -0.2) is 0 Å². The smallest absolute Gasteiger partial charge is 0.130 e. The first kappa shape index (κ1) is 14.9. The predicted octanol–water partition coefficient (Wildman–Crippen LogP) is 2.54. The maximum absolute atomic E-state index is 4.55. The third-order valence-corrected chi connectivity index (χ3v) is 4.76. The van der Waals surface area contributed by atoms with Crippen LogP contribution in [-0.2, 0) is 12.4 Å². The van der Waals surface area contributed by atoms with E-state index in [1.807, 2.05) is 11.7 Å². The lowest BCUT2D eigenvalue weighted by molar-refractivity contribution is 0.270. The molecule has 108 valence electrons. The molecule has 0 N–H and O–H groups in total. The number of likely N-dealkylation sites (tertiary alicyclic amines) is 1. The molecule has 0 saturated carbocycles. The second-order valence-corrected chi connectivity index (χ2v) is 6.01. The fraction of sp³-hybridized carbons (Fsp3) is 0.786. The number of anilines is 1. The Kier molecular flexibility index (Phi) is 4.90. The third kappa shape index (κ3) is 2.97. The lowest BCUT2D eigenvalue weighted by Crippen LogP contribution is -2.39. The van der Waals surface area contributed by atoms with Crippen molar-refractivity contribution in [2.24, 2.45) is 7.05 Å². The summed E-state index contributed by atoms with van der Waals surface area (Å²) < 4.78 is 2.01. The van der Waals surface area contributed by atoms with E-state index in [4.69, 9.17) is 0 Å². The van der Waals surface area contributed by atoms with E-state index < -0.39 is 0 Å². The summed E-state index contributed by atoms with van der Waals surface area (Å²) in [7, 11) is 4.23. The molecule has 5 heteroatoms. The van der Waals surface area contributed by atoms with Crippen molar-refractivity contribution in [2.75, 3.05) is 31.6 Å². The number of aryl methyl sites for hydroxylation is 2. The van der Waals surface area contributed by atoms with Crippen LogP contribution >= 0.6 is 15.9 Å². The van der Waals surface area contributed by atoms with Crippen molar-refractivity contribution in [3.8, 4) is 0 Å². The molecule has 0 aromatic carbocycles.